The predicted octanol–water partition coefficient (Wildman–Crippen LogP) is 7.41. The van der Waals surface area contributed by atoms with Crippen LogP contribution in [0.2, 0.25) is 13.1 Å². The standard InChI is InChI=1S/C28H34Si.2Li/c1-17(2)23-13-9-11-21-15-19(5)27(25(21)23)29(7,8)28-20(6)16-22-12-10-14-24(18(3)4)26(22)28;;/h9-18H,1-8H3;;. The zero-order valence-corrected chi connectivity index (χ0v) is 22.3. The monoisotopic (exact) mass is 412 g/mol. The van der Waals surface area contributed by atoms with Gasteiger partial charge in [0.2, 0.25) is 0 Å². The van der Waals surface area contributed by atoms with Crippen molar-refractivity contribution in [2.24, 2.45) is 0 Å². The number of benzene rings is 2. The Bertz CT molecular complexity index is 1030. The van der Waals surface area contributed by atoms with Crippen molar-refractivity contribution in [2.45, 2.75) is 75.7 Å². The van der Waals surface area contributed by atoms with Crippen LogP contribution in [0.3, 0.4) is 0 Å². The maximum absolute atomic E-state index is 2.63. The fourth-order valence-corrected chi connectivity index (χ4v) is 11.0. The zero-order valence-electron chi connectivity index (χ0n) is 21.3. The summed E-state index contributed by atoms with van der Waals surface area (Å²) in [7, 11) is -1.94. The summed E-state index contributed by atoms with van der Waals surface area (Å²) in [4.78, 5) is 0. The van der Waals surface area contributed by atoms with Crippen LogP contribution in [-0.4, -0.2) is 43.5 Å². The normalized spacial score (nSPS) is 21.0. The Balaban J connectivity index is 2.02. The van der Waals surface area contributed by atoms with Crippen molar-refractivity contribution in [1.82, 2.24) is 0 Å². The van der Waals surface area contributed by atoms with E-state index in [4.69, 9.17) is 0 Å². The molecule has 0 saturated heterocycles. The van der Waals surface area contributed by atoms with Gasteiger partial charge in [0.25, 0.3) is 0 Å². The van der Waals surface area contributed by atoms with E-state index in [1.54, 1.807) is 54.9 Å². The molecule has 0 aliphatic heterocycles. The zero-order chi connectivity index (χ0) is 22.8. The number of hydrogen-bond donors (Lipinski definition) is 0. The minimum absolute atomic E-state index is 0.523. The first kappa shape index (κ1) is 23.5. The van der Waals surface area contributed by atoms with Gasteiger partial charge in [-0.05, 0) is 0 Å². The first-order valence-corrected chi connectivity index (χ1v) is 15.2. The molecule has 2 aliphatic carbocycles. The first-order valence-electron chi connectivity index (χ1n) is 12.2. The van der Waals surface area contributed by atoms with E-state index >= 15 is 0 Å². The van der Waals surface area contributed by atoms with Gasteiger partial charge in [-0.1, -0.05) is 0 Å². The molecule has 2 unspecified atom stereocenters. The summed E-state index contributed by atoms with van der Waals surface area (Å²) in [5, 5.41) is 3.43. The van der Waals surface area contributed by atoms with Crippen LogP contribution >= 0.6 is 0 Å². The van der Waals surface area contributed by atoms with E-state index in [1.807, 2.05) is 0 Å². The van der Waals surface area contributed by atoms with Crippen molar-refractivity contribution in [2.75, 3.05) is 0 Å². The summed E-state index contributed by atoms with van der Waals surface area (Å²) in [6.07, 6.45) is 0. The number of allylic oxidation sites excluding steroid dienone is 2. The van der Waals surface area contributed by atoms with Crippen molar-refractivity contribution in [1.29, 1.82) is 0 Å². The molecule has 0 aromatic heterocycles. The molecule has 0 nitrogen and oxygen atoms in total. The maximum atomic E-state index is 2.63. The van der Waals surface area contributed by atoms with Crippen LogP contribution in [0.15, 0.2) is 47.5 Å². The molecule has 3 heteroatoms. The number of hydrogen-bond acceptors (Lipinski definition) is 0. The molecule has 2 atom stereocenters. The van der Waals surface area contributed by atoms with Gasteiger partial charge in [0, 0.05) is 0 Å². The van der Waals surface area contributed by atoms with Crippen LogP contribution < -0.4 is 0 Å². The van der Waals surface area contributed by atoms with Crippen LogP contribution in [-0.2, 0) is 0 Å². The molecular formula is C28H34Li2Si. The Morgan fingerprint density at radius 1 is 0.677 bits per heavy atom. The van der Waals surface area contributed by atoms with Crippen LogP contribution in [0.1, 0.15) is 95.9 Å². The van der Waals surface area contributed by atoms with Crippen LogP contribution in [0.4, 0.5) is 0 Å². The Morgan fingerprint density at radius 2 is 1.03 bits per heavy atom. The summed E-state index contributed by atoms with van der Waals surface area (Å²) in [6.45, 7) is 19.5. The van der Waals surface area contributed by atoms with E-state index in [1.165, 1.54) is 0 Å². The van der Waals surface area contributed by atoms with E-state index in [0.29, 0.717) is 21.0 Å². The molecule has 0 amide bonds. The summed E-state index contributed by atoms with van der Waals surface area (Å²) in [6, 6.07) is 14.1. The summed E-state index contributed by atoms with van der Waals surface area (Å²) < 4.78 is 1.05. The molecule has 0 heterocycles. The van der Waals surface area contributed by atoms with E-state index < -0.39 is 8.07 Å². The second kappa shape index (κ2) is 8.28. The second-order valence-electron chi connectivity index (χ2n) is 11.1. The molecule has 31 heavy (non-hydrogen) atoms. The van der Waals surface area contributed by atoms with Crippen molar-refractivity contribution in [3.63, 3.8) is 0 Å². The van der Waals surface area contributed by atoms with Crippen molar-refractivity contribution >= 4 is 53.9 Å². The third-order valence-electron chi connectivity index (χ3n) is 8.27. The summed E-state index contributed by atoms with van der Waals surface area (Å²) in [5.41, 5.74) is 12.6. The van der Waals surface area contributed by atoms with Crippen LogP contribution in [0, 0.1) is 0 Å². The Hall–Kier alpha value is -0.668. The van der Waals surface area contributed by atoms with Gasteiger partial charge in [-0.25, -0.2) is 0 Å². The van der Waals surface area contributed by atoms with E-state index in [9.17, 15) is 0 Å². The molecule has 0 N–H and O–H groups in total. The van der Waals surface area contributed by atoms with E-state index in [0.717, 1.165) is 0 Å². The van der Waals surface area contributed by atoms with Gasteiger partial charge in [-0.2, -0.15) is 0 Å². The molecular weight excluding hydrogens is 378 g/mol. The number of rotatable bonds is 4. The molecule has 2 aromatic carbocycles. The van der Waals surface area contributed by atoms with Gasteiger partial charge in [-0.3, -0.25) is 0 Å². The average molecular weight is 413 g/mol. The number of fused-ring (bicyclic) bond motifs is 2. The van der Waals surface area contributed by atoms with Gasteiger partial charge < -0.3 is 0 Å². The molecule has 4 rings (SSSR count). The Kier molecular flexibility index (Phi) is 6.27. The fraction of sp³-hybridized carbons (Fsp3) is 0.429. The average Bonchev–Trinajstić information content (AvgIpc) is 3.13. The molecule has 2 aliphatic rings. The molecule has 0 bridgehead atoms. The van der Waals surface area contributed by atoms with Gasteiger partial charge >= 0.3 is 210 Å². The molecule has 2 aromatic rings. The topological polar surface area (TPSA) is 0 Å². The summed E-state index contributed by atoms with van der Waals surface area (Å²) in [5.74, 6) is 1.09. The predicted molar refractivity (Wildman–Crippen MR) is 141 cm³/mol. The molecule has 0 fully saturated rings. The van der Waals surface area contributed by atoms with Crippen LogP contribution in [0.25, 0.3) is 10.4 Å². The SMILES string of the molecule is [Li][CH]1C(C)=C([Si](C)(C)C2=C(C)[CH]([Li])c3cccc(C(C)C)c32)c2c(C(C)C)cccc21. The van der Waals surface area contributed by atoms with Crippen molar-refractivity contribution in [3.8, 4) is 0 Å². The Morgan fingerprint density at radius 3 is 1.35 bits per heavy atom. The first-order chi connectivity index (χ1) is 14.5. The van der Waals surface area contributed by atoms with Gasteiger partial charge in [-0.15, -0.1) is 0 Å². The fourth-order valence-electron chi connectivity index (χ4n) is 6.47. The van der Waals surface area contributed by atoms with Crippen molar-refractivity contribution < 1.29 is 0 Å². The summed E-state index contributed by atoms with van der Waals surface area (Å²) >= 11 is 4.84. The molecule has 0 saturated carbocycles. The third kappa shape index (κ3) is 3.48. The quantitative estimate of drug-likeness (QED) is 0.459. The van der Waals surface area contributed by atoms with Gasteiger partial charge in [0.15, 0.2) is 0 Å². The third-order valence-corrected chi connectivity index (χ3v) is 12.1. The molecule has 0 spiro atoms. The van der Waals surface area contributed by atoms with E-state index in [-0.39, 0.29) is 0 Å². The molecule has 0 radical (unpaired) electrons. The van der Waals surface area contributed by atoms with E-state index in [2.05, 4.69) is 126 Å². The van der Waals surface area contributed by atoms with Crippen LogP contribution in [0.5, 0.6) is 0 Å². The minimum atomic E-state index is -1.94. The second-order valence-corrected chi connectivity index (χ2v) is 15.4. The van der Waals surface area contributed by atoms with Gasteiger partial charge in [0.1, 0.15) is 0 Å². The van der Waals surface area contributed by atoms with Gasteiger partial charge in [0.05, 0.1) is 0 Å². The van der Waals surface area contributed by atoms with Crippen molar-refractivity contribution in [3.05, 3.63) is 80.9 Å². The molecule has 152 valence electrons. The Labute approximate surface area is 209 Å².